The maximum Gasteiger partial charge on any atom is 0.410 e. The summed E-state index contributed by atoms with van der Waals surface area (Å²) < 4.78 is 47.9. The van der Waals surface area contributed by atoms with Crippen LogP contribution in [0.5, 0.6) is 0 Å². The average Bonchev–Trinajstić information content (AvgIpc) is 3.32. The van der Waals surface area contributed by atoms with Crippen molar-refractivity contribution in [3.8, 4) is 11.1 Å². The molecule has 0 aromatic heterocycles. The number of carbonyl (C=O) groups is 1. The molecule has 35 heavy (non-hydrogen) atoms. The Balaban J connectivity index is 1.20. The minimum Gasteiger partial charge on any atom is -0.448 e. The normalized spacial score (nSPS) is 24.9. The molecule has 1 aliphatic carbocycles. The fourth-order valence-corrected chi connectivity index (χ4v) is 6.31. The van der Waals surface area contributed by atoms with Crippen LogP contribution < -0.4 is 0 Å². The molecule has 0 spiro atoms. The fraction of sp³-hybridized carbons (Fsp3) is 0.321. The summed E-state index contributed by atoms with van der Waals surface area (Å²) in [4.78, 5) is 14.8. The molecule has 4 nitrogen and oxygen atoms in total. The number of benzene rings is 3. The van der Waals surface area contributed by atoms with Gasteiger partial charge in [0, 0.05) is 42.5 Å². The van der Waals surface area contributed by atoms with Gasteiger partial charge in [-0.05, 0) is 41.2 Å². The van der Waals surface area contributed by atoms with Gasteiger partial charge in [-0.2, -0.15) is 0 Å². The molecule has 2 heterocycles. The number of hydrogen-bond donors (Lipinski definition) is 1. The molecular formula is C28H24F3NO3. The number of nitrogens with zero attached hydrogens (tertiary/aromatic N) is 1. The second-order valence-electron chi connectivity index (χ2n) is 9.79. The number of ether oxygens (including phenoxy) is 1. The van der Waals surface area contributed by atoms with E-state index in [-0.39, 0.29) is 30.9 Å². The second kappa shape index (κ2) is 8.12. The van der Waals surface area contributed by atoms with Gasteiger partial charge in [-0.25, -0.2) is 18.0 Å². The molecule has 6 rings (SSSR count). The van der Waals surface area contributed by atoms with E-state index in [1.165, 1.54) is 0 Å². The van der Waals surface area contributed by atoms with E-state index in [9.17, 15) is 23.1 Å². The quantitative estimate of drug-likeness (QED) is 0.478. The van der Waals surface area contributed by atoms with Crippen LogP contribution in [0.4, 0.5) is 18.0 Å². The van der Waals surface area contributed by atoms with Gasteiger partial charge in [0.05, 0.1) is 5.60 Å². The Morgan fingerprint density at radius 3 is 2.11 bits per heavy atom. The van der Waals surface area contributed by atoms with E-state index in [2.05, 4.69) is 12.1 Å². The maximum atomic E-state index is 14.5. The van der Waals surface area contributed by atoms with Crippen molar-refractivity contribution < 1.29 is 27.8 Å². The van der Waals surface area contributed by atoms with Crippen molar-refractivity contribution in [3.05, 3.63) is 94.8 Å². The number of fused-ring (bicyclic) bond motifs is 5. The van der Waals surface area contributed by atoms with E-state index in [1.54, 1.807) is 4.90 Å². The summed E-state index contributed by atoms with van der Waals surface area (Å²) in [6.07, 6.45) is 0.723. The summed E-state index contributed by atoms with van der Waals surface area (Å²) in [7, 11) is 0. The van der Waals surface area contributed by atoms with Crippen LogP contribution in [0.2, 0.25) is 0 Å². The van der Waals surface area contributed by atoms with E-state index in [0.717, 1.165) is 28.3 Å². The predicted octanol–water partition coefficient (Wildman–Crippen LogP) is 5.87. The lowest BCUT2D eigenvalue weighted by molar-refractivity contribution is -0.0556. The summed E-state index contributed by atoms with van der Waals surface area (Å²) in [6, 6.07) is 16.7. The highest BCUT2D eigenvalue weighted by Crippen LogP contribution is 2.48. The number of carbonyl (C=O) groups excluding carboxylic acids is 1. The van der Waals surface area contributed by atoms with Crippen LogP contribution >= 0.6 is 0 Å². The van der Waals surface area contributed by atoms with Crippen LogP contribution in [0.25, 0.3) is 11.1 Å². The molecule has 2 saturated heterocycles. The maximum absolute atomic E-state index is 14.5. The van der Waals surface area contributed by atoms with Gasteiger partial charge >= 0.3 is 6.09 Å². The first-order valence-electron chi connectivity index (χ1n) is 11.9. The standard InChI is InChI=1S/C28H24F3NO3/c29-16-11-24(26(31)25(30)12-16)28(34)13-17-9-10-18(14-28)32(17)27(33)35-15-23-21-7-3-1-5-19(21)20-6-2-4-8-22(20)23/h1-8,11-12,17-18,23,34H,9-10,13-15H2. The average molecular weight is 479 g/mol. The molecule has 2 fully saturated rings. The smallest absolute Gasteiger partial charge is 0.410 e. The largest absolute Gasteiger partial charge is 0.448 e. The molecule has 2 unspecified atom stereocenters. The van der Waals surface area contributed by atoms with Gasteiger partial charge in [-0.3, -0.25) is 0 Å². The lowest BCUT2D eigenvalue weighted by Gasteiger charge is -2.43. The molecule has 2 bridgehead atoms. The van der Waals surface area contributed by atoms with Crippen LogP contribution in [0.3, 0.4) is 0 Å². The first kappa shape index (κ1) is 22.2. The van der Waals surface area contributed by atoms with Crippen molar-refractivity contribution in [2.24, 2.45) is 0 Å². The monoisotopic (exact) mass is 479 g/mol. The van der Waals surface area contributed by atoms with Gasteiger partial charge in [0.15, 0.2) is 11.6 Å². The van der Waals surface area contributed by atoms with Crippen LogP contribution in [0.15, 0.2) is 60.7 Å². The SMILES string of the molecule is O=C(OCC1c2ccccc2-c2ccccc21)N1C2CCC1CC(O)(c1cc(F)cc(F)c1F)C2. The summed E-state index contributed by atoms with van der Waals surface area (Å²) in [5.74, 6) is -3.60. The van der Waals surface area contributed by atoms with Crippen LogP contribution in [0, 0.1) is 17.5 Å². The summed E-state index contributed by atoms with van der Waals surface area (Å²) >= 11 is 0. The van der Waals surface area contributed by atoms with E-state index in [1.807, 2.05) is 36.4 Å². The Labute approximate surface area is 201 Å². The molecule has 180 valence electrons. The van der Waals surface area contributed by atoms with Gasteiger partial charge in [0.2, 0.25) is 0 Å². The second-order valence-corrected chi connectivity index (χ2v) is 9.79. The highest BCUT2D eigenvalue weighted by Gasteiger charge is 2.52. The molecule has 3 aliphatic rings. The third-order valence-electron chi connectivity index (χ3n) is 7.81. The third kappa shape index (κ3) is 3.52. The van der Waals surface area contributed by atoms with Gasteiger partial charge in [-0.15, -0.1) is 0 Å². The zero-order valence-corrected chi connectivity index (χ0v) is 18.9. The number of aliphatic hydroxyl groups is 1. The number of piperidine rings is 1. The molecule has 3 aromatic carbocycles. The van der Waals surface area contributed by atoms with Crippen LogP contribution in [-0.4, -0.2) is 34.8 Å². The van der Waals surface area contributed by atoms with Crippen molar-refractivity contribution in [2.75, 3.05) is 6.61 Å². The molecule has 3 aromatic rings. The van der Waals surface area contributed by atoms with E-state index in [0.29, 0.717) is 18.9 Å². The molecule has 0 saturated carbocycles. The Bertz CT molecular complexity index is 1270. The molecule has 2 atom stereocenters. The lowest BCUT2D eigenvalue weighted by Crippen LogP contribution is -2.52. The van der Waals surface area contributed by atoms with Crippen LogP contribution in [-0.2, 0) is 10.3 Å². The van der Waals surface area contributed by atoms with Gasteiger partial charge in [0.25, 0.3) is 0 Å². The number of halogens is 3. The Morgan fingerprint density at radius 1 is 0.943 bits per heavy atom. The minimum atomic E-state index is -1.75. The lowest BCUT2D eigenvalue weighted by atomic mass is 9.80. The summed E-state index contributed by atoms with van der Waals surface area (Å²) in [5, 5.41) is 11.2. The van der Waals surface area contributed by atoms with Crippen molar-refractivity contribution in [1.82, 2.24) is 4.90 Å². The number of hydrogen-bond acceptors (Lipinski definition) is 3. The van der Waals surface area contributed by atoms with Crippen LogP contribution in [0.1, 0.15) is 48.3 Å². The Hall–Kier alpha value is -3.32. The molecule has 7 heteroatoms. The van der Waals surface area contributed by atoms with Crippen molar-refractivity contribution in [2.45, 2.75) is 49.3 Å². The van der Waals surface area contributed by atoms with Crippen molar-refractivity contribution >= 4 is 6.09 Å². The fourth-order valence-electron chi connectivity index (χ4n) is 6.31. The van der Waals surface area contributed by atoms with Gasteiger partial charge < -0.3 is 14.7 Å². The highest BCUT2D eigenvalue weighted by atomic mass is 19.2. The summed E-state index contributed by atoms with van der Waals surface area (Å²) in [6.45, 7) is 0.177. The van der Waals surface area contributed by atoms with Crippen molar-refractivity contribution in [1.29, 1.82) is 0 Å². The Morgan fingerprint density at radius 2 is 1.51 bits per heavy atom. The van der Waals surface area contributed by atoms with E-state index in [4.69, 9.17) is 4.74 Å². The first-order chi connectivity index (χ1) is 16.9. The third-order valence-corrected chi connectivity index (χ3v) is 7.81. The van der Waals surface area contributed by atoms with E-state index < -0.39 is 41.2 Å². The molecule has 1 amide bonds. The highest BCUT2D eigenvalue weighted by molar-refractivity contribution is 5.79. The zero-order valence-electron chi connectivity index (χ0n) is 18.9. The van der Waals surface area contributed by atoms with Crippen molar-refractivity contribution in [3.63, 3.8) is 0 Å². The predicted molar refractivity (Wildman–Crippen MR) is 123 cm³/mol. The van der Waals surface area contributed by atoms with Gasteiger partial charge in [-0.1, -0.05) is 48.5 Å². The molecule has 2 aliphatic heterocycles. The Kier molecular flexibility index (Phi) is 5.14. The summed E-state index contributed by atoms with van der Waals surface area (Å²) in [5.41, 5.74) is 2.35. The minimum absolute atomic E-state index is 0.00644. The van der Waals surface area contributed by atoms with E-state index >= 15 is 0 Å². The molecular weight excluding hydrogens is 455 g/mol. The number of rotatable bonds is 3. The number of amides is 1. The molecule has 1 N–H and O–H groups in total. The topological polar surface area (TPSA) is 49.8 Å². The zero-order chi connectivity index (χ0) is 24.3. The first-order valence-corrected chi connectivity index (χ1v) is 11.9. The molecule has 0 radical (unpaired) electrons. The van der Waals surface area contributed by atoms with Gasteiger partial charge in [0.1, 0.15) is 12.4 Å².